The summed E-state index contributed by atoms with van der Waals surface area (Å²) in [6.07, 6.45) is 1.12. The number of carbonyl (C=O) groups is 3. The third-order valence-electron chi connectivity index (χ3n) is 3.53. The van der Waals surface area contributed by atoms with E-state index in [1.807, 2.05) is 31.2 Å². The monoisotopic (exact) mass is 365 g/mol. The van der Waals surface area contributed by atoms with Gasteiger partial charge in [0, 0.05) is 6.42 Å². The molecule has 1 atom stereocenters. The summed E-state index contributed by atoms with van der Waals surface area (Å²) < 4.78 is 0.123. The molecule has 2 rings (SSSR count). The number of thiocarbonyl (C=S) groups is 1. The number of hydrogen-bond acceptors (Lipinski definition) is 5. The Balaban J connectivity index is 2.28. The highest BCUT2D eigenvalue weighted by Gasteiger charge is 2.40. The van der Waals surface area contributed by atoms with Crippen molar-refractivity contribution in [2.75, 3.05) is 0 Å². The minimum Gasteiger partial charge on any atom is -0.481 e. The van der Waals surface area contributed by atoms with E-state index in [2.05, 4.69) is 0 Å². The first kappa shape index (κ1) is 18.2. The molecule has 1 fully saturated rings. The summed E-state index contributed by atoms with van der Waals surface area (Å²) >= 11 is 6.16. The quantitative estimate of drug-likeness (QED) is 0.591. The molecule has 126 valence electrons. The average Bonchev–Trinajstić information content (AvgIpc) is 2.77. The fourth-order valence-electron chi connectivity index (χ4n) is 2.26. The smallest absolute Gasteiger partial charge is 0.326 e. The molecule has 24 heavy (non-hydrogen) atoms. The average molecular weight is 365 g/mol. The van der Waals surface area contributed by atoms with E-state index in [9.17, 15) is 19.5 Å². The Labute approximate surface area is 148 Å². The van der Waals surface area contributed by atoms with Crippen LogP contribution in [0.3, 0.4) is 0 Å². The lowest BCUT2D eigenvalue weighted by molar-refractivity contribution is -0.146. The number of aliphatic carboxylic acids is 2. The van der Waals surface area contributed by atoms with E-state index in [0.29, 0.717) is 4.91 Å². The number of carbonyl (C=O) groups excluding carboxylic acids is 1. The molecule has 1 aromatic carbocycles. The molecular formula is C16H15NO5S2. The van der Waals surface area contributed by atoms with Crippen LogP contribution in [0.1, 0.15) is 24.0 Å². The Bertz CT molecular complexity index is 744. The zero-order valence-electron chi connectivity index (χ0n) is 12.8. The molecule has 0 saturated carbocycles. The first-order valence-corrected chi connectivity index (χ1v) is 8.31. The van der Waals surface area contributed by atoms with Gasteiger partial charge in [0.1, 0.15) is 10.4 Å². The summed E-state index contributed by atoms with van der Waals surface area (Å²) in [6, 6.07) is 6.19. The van der Waals surface area contributed by atoms with Gasteiger partial charge >= 0.3 is 11.9 Å². The third-order valence-corrected chi connectivity index (χ3v) is 4.86. The van der Waals surface area contributed by atoms with Crippen LogP contribution in [0.25, 0.3) is 6.08 Å². The van der Waals surface area contributed by atoms with Crippen molar-refractivity contribution in [2.45, 2.75) is 25.8 Å². The summed E-state index contributed by atoms with van der Waals surface area (Å²) in [5.41, 5.74) is 1.82. The van der Waals surface area contributed by atoms with E-state index in [0.717, 1.165) is 27.8 Å². The summed E-state index contributed by atoms with van der Waals surface area (Å²) in [5.74, 6) is -2.90. The number of benzene rings is 1. The van der Waals surface area contributed by atoms with Crippen molar-refractivity contribution in [1.82, 2.24) is 4.90 Å². The first-order chi connectivity index (χ1) is 11.3. The van der Waals surface area contributed by atoms with Crippen molar-refractivity contribution in [3.05, 3.63) is 40.3 Å². The zero-order chi connectivity index (χ0) is 17.9. The number of carboxylic acid groups (broad SMARTS) is 2. The normalized spacial score (nSPS) is 17.4. The van der Waals surface area contributed by atoms with Crippen molar-refractivity contribution in [1.29, 1.82) is 0 Å². The Kier molecular flexibility index (Phi) is 5.74. The topological polar surface area (TPSA) is 94.9 Å². The van der Waals surface area contributed by atoms with Crippen molar-refractivity contribution in [3.8, 4) is 0 Å². The van der Waals surface area contributed by atoms with Crippen LogP contribution in [0.2, 0.25) is 0 Å². The lowest BCUT2D eigenvalue weighted by Crippen LogP contribution is -2.44. The van der Waals surface area contributed by atoms with Crippen LogP contribution in [-0.2, 0) is 14.4 Å². The first-order valence-electron chi connectivity index (χ1n) is 7.08. The number of nitrogens with zero attached hydrogens (tertiary/aromatic N) is 1. The molecule has 1 aromatic rings. The number of rotatable bonds is 6. The highest BCUT2D eigenvalue weighted by molar-refractivity contribution is 8.26. The van der Waals surface area contributed by atoms with Crippen molar-refractivity contribution in [3.63, 3.8) is 0 Å². The minimum atomic E-state index is -1.28. The van der Waals surface area contributed by atoms with Gasteiger partial charge in [0.15, 0.2) is 0 Å². The van der Waals surface area contributed by atoms with Crippen LogP contribution < -0.4 is 0 Å². The molecule has 1 saturated heterocycles. The van der Waals surface area contributed by atoms with Crippen LogP contribution in [0.15, 0.2) is 29.2 Å². The summed E-state index contributed by atoms with van der Waals surface area (Å²) in [5, 5.41) is 18.1. The van der Waals surface area contributed by atoms with Crippen LogP contribution in [0, 0.1) is 6.92 Å². The molecule has 1 heterocycles. The molecule has 0 spiro atoms. The van der Waals surface area contributed by atoms with Crippen LogP contribution in [-0.4, -0.2) is 43.3 Å². The van der Waals surface area contributed by atoms with Gasteiger partial charge in [0.05, 0.1) is 4.91 Å². The van der Waals surface area contributed by atoms with Gasteiger partial charge in [0.2, 0.25) is 0 Å². The number of hydrogen-bond donors (Lipinski definition) is 2. The summed E-state index contributed by atoms with van der Waals surface area (Å²) in [6.45, 7) is 1.90. The number of thioether (sulfide) groups is 1. The summed E-state index contributed by atoms with van der Waals surface area (Å²) in [4.78, 5) is 36.0. The van der Waals surface area contributed by atoms with Gasteiger partial charge in [-0.1, -0.05) is 48.2 Å². The lowest BCUT2D eigenvalue weighted by Gasteiger charge is -2.22. The molecule has 2 N–H and O–H groups in total. The second-order valence-corrected chi connectivity index (χ2v) is 6.87. The van der Waals surface area contributed by atoms with Crippen LogP contribution >= 0.6 is 24.0 Å². The van der Waals surface area contributed by atoms with Gasteiger partial charge < -0.3 is 10.2 Å². The van der Waals surface area contributed by atoms with Gasteiger partial charge in [0.25, 0.3) is 5.91 Å². The third kappa shape index (κ3) is 4.01. The lowest BCUT2D eigenvalue weighted by atomic mass is 10.1. The van der Waals surface area contributed by atoms with E-state index in [4.69, 9.17) is 17.3 Å². The molecule has 1 aliphatic heterocycles. The molecule has 0 radical (unpaired) electrons. The fourth-order valence-corrected chi connectivity index (χ4v) is 3.61. The van der Waals surface area contributed by atoms with Gasteiger partial charge in [-0.2, -0.15) is 0 Å². The molecule has 8 heteroatoms. The highest BCUT2D eigenvalue weighted by atomic mass is 32.2. The van der Waals surface area contributed by atoms with Crippen molar-refractivity contribution >= 4 is 52.2 Å². The molecule has 0 bridgehead atoms. The van der Waals surface area contributed by atoms with Gasteiger partial charge in [-0.05, 0) is 30.5 Å². The summed E-state index contributed by atoms with van der Waals surface area (Å²) in [7, 11) is 0. The fraction of sp³-hybridized carbons (Fsp3) is 0.250. The second-order valence-electron chi connectivity index (χ2n) is 5.19. The molecule has 1 aliphatic rings. The van der Waals surface area contributed by atoms with E-state index < -0.39 is 23.9 Å². The number of aryl methyl sites for hydroxylation is 1. The van der Waals surface area contributed by atoms with Gasteiger partial charge in [-0.3, -0.25) is 14.5 Å². The maximum Gasteiger partial charge on any atom is 0.326 e. The Morgan fingerprint density at radius 1 is 1.33 bits per heavy atom. The zero-order valence-corrected chi connectivity index (χ0v) is 14.4. The van der Waals surface area contributed by atoms with Crippen molar-refractivity contribution in [2.24, 2.45) is 0 Å². The Morgan fingerprint density at radius 2 is 2.00 bits per heavy atom. The van der Waals surface area contributed by atoms with E-state index in [1.54, 1.807) is 6.08 Å². The van der Waals surface area contributed by atoms with E-state index in [1.165, 1.54) is 0 Å². The molecule has 0 unspecified atom stereocenters. The highest BCUT2D eigenvalue weighted by Crippen LogP contribution is 2.35. The second kappa shape index (κ2) is 7.59. The SMILES string of the molecule is Cc1ccccc1/C=C1/SC(=S)N([C@@H](CCC(=O)O)C(=O)O)C1=O. The van der Waals surface area contributed by atoms with Crippen molar-refractivity contribution < 1.29 is 24.6 Å². The molecule has 0 aromatic heterocycles. The number of carboxylic acids is 2. The predicted octanol–water partition coefficient (Wildman–Crippen LogP) is 2.51. The van der Waals surface area contributed by atoms with E-state index in [-0.39, 0.29) is 17.2 Å². The largest absolute Gasteiger partial charge is 0.481 e. The maximum atomic E-state index is 12.6. The number of amides is 1. The van der Waals surface area contributed by atoms with Gasteiger partial charge in [-0.15, -0.1) is 0 Å². The van der Waals surface area contributed by atoms with E-state index >= 15 is 0 Å². The van der Waals surface area contributed by atoms with Crippen LogP contribution in [0.5, 0.6) is 0 Å². The van der Waals surface area contributed by atoms with Crippen LogP contribution in [0.4, 0.5) is 0 Å². The molecule has 6 nitrogen and oxygen atoms in total. The standard InChI is InChI=1S/C16H15NO5S2/c1-9-4-2-3-5-10(9)8-12-14(20)17(16(23)24-12)11(15(21)22)6-7-13(18)19/h2-5,8,11H,6-7H2,1H3,(H,18,19)(H,21,22)/b12-8+/t11-/m0/s1. The van der Waals surface area contributed by atoms with Gasteiger partial charge in [-0.25, -0.2) is 4.79 Å². The minimum absolute atomic E-state index is 0.123. The molecule has 1 amide bonds. The Hall–Kier alpha value is -2.19. The Morgan fingerprint density at radius 3 is 2.58 bits per heavy atom. The predicted molar refractivity (Wildman–Crippen MR) is 94.5 cm³/mol. The molecular weight excluding hydrogens is 350 g/mol. The molecule has 0 aliphatic carbocycles. The maximum absolute atomic E-state index is 12.6.